The molecule has 1 heterocycles. The Hall–Kier alpha value is -0.340. The SMILES string of the molecule is CCCNCC1(CCc2cccs2)CCCC1. The number of rotatable bonds is 7. The van der Waals surface area contributed by atoms with Crippen molar-refractivity contribution >= 4 is 11.3 Å². The fraction of sp³-hybridized carbons (Fsp3) is 0.733. The first-order chi connectivity index (χ1) is 8.35. The first kappa shape index (κ1) is 13.1. The first-order valence-electron chi connectivity index (χ1n) is 7.08. The van der Waals surface area contributed by atoms with E-state index in [2.05, 4.69) is 29.8 Å². The number of aryl methyl sites for hydroxylation is 1. The molecule has 0 atom stereocenters. The van der Waals surface area contributed by atoms with Gasteiger partial charge < -0.3 is 5.32 Å². The minimum absolute atomic E-state index is 0.610. The standard InChI is InChI=1S/C15H25NS/c1-2-11-16-13-15(8-3-4-9-15)10-7-14-6-5-12-17-14/h5-6,12,16H,2-4,7-11,13H2,1H3. The van der Waals surface area contributed by atoms with E-state index >= 15 is 0 Å². The van der Waals surface area contributed by atoms with Gasteiger partial charge in [-0.2, -0.15) is 0 Å². The maximum Gasteiger partial charge on any atom is 0.00454 e. The summed E-state index contributed by atoms with van der Waals surface area (Å²) in [5.41, 5.74) is 0.610. The van der Waals surface area contributed by atoms with Gasteiger partial charge in [-0.3, -0.25) is 0 Å². The van der Waals surface area contributed by atoms with Crippen LogP contribution in [0.25, 0.3) is 0 Å². The largest absolute Gasteiger partial charge is 0.316 e. The molecular weight excluding hydrogens is 226 g/mol. The van der Waals surface area contributed by atoms with Crippen LogP contribution in [0.15, 0.2) is 17.5 Å². The van der Waals surface area contributed by atoms with E-state index < -0.39 is 0 Å². The highest BCUT2D eigenvalue weighted by molar-refractivity contribution is 7.09. The van der Waals surface area contributed by atoms with Crippen LogP contribution in [0.3, 0.4) is 0 Å². The summed E-state index contributed by atoms with van der Waals surface area (Å²) < 4.78 is 0. The molecule has 0 amide bonds. The van der Waals surface area contributed by atoms with Crippen molar-refractivity contribution in [2.45, 2.75) is 51.9 Å². The highest BCUT2D eigenvalue weighted by Gasteiger charge is 2.32. The van der Waals surface area contributed by atoms with Gasteiger partial charge in [-0.1, -0.05) is 25.8 Å². The summed E-state index contributed by atoms with van der Waals surface area (Å²) in [6.07, 6.45) is 9.68. The molecule has 96 valence electrons. The van der Waals surface area contributed by atoms with Crippen LogP contribution in [-0.4, -0.2) is 13.1 Å². The van der Waals surface area contributed by atoms with E-state index in [1.165, 1.54) is 58.0 Å². The third kappa shape index (κ3) is 3.82. The molecule has 2 rings (SSSR count). The maximum absolute atomic E-state index is 3.65. The van der Waals surface area contributed by atoms with Crippen molar-refractivity contribution in [2.24, 2.45) is 5.41 Å². The Bertz CT molecular complexity index is 299. The van der Waals surface area contributed by atoms with Crippen LogP contribution in [0, 0.1) is 5.41 Å². The van der Waals surface area contributed by atoms with Crippen LogP contribution in [0.5, 0.6) is 0 Å². The molecule has 1 N–H and O–H groups in total. The Morgan fingerprint density at radius 2 is 2.18 bits per heavy atom. The summed E-state index contributed by atoms with van der Waals surface area (Å²) in [6.45, 7) is 4.67. The molecule has 2 heteroatoms. The molecule has 17 heavy (non-hydrogen) atoms. The van der Waals surface area contributed by atoms with Crippen LogP contribution in [0.4, 0.5) is 0 Å². The lowest BCUT2D eigenvalue weighted by molar-refractivity contribution is 0.258. The molecule has 1 fully saturated rings. The van der Waals surface area contributed by atoms with Crippen LogP contribution in [0.2, 0.25) is 0 Å². The molecule has 0 bridgehead atoms. The molecule has 1 nitrogen and oxygen atoms in total. The second-order valence-corrected chi connectivity index (χ2v) is 6.50. The molecular formula is C15H25NS. The third-order valence-electron chi connectivity index (χ3n) is 4.07. The Kier molecular flexibility index (Phi) is 5.05. The van der Waals surface area contributed by atoms with Crippen molar-refractivity contribution in [3.05, 3.63) is 22.4 Å². The van der Waals surface area contributed by atoms with E-state index in [9.17, 15) is 0 Å². The minimum atomic E-state index is 0.610. The van der Waals surface area contributed by atoms with Gasteiger partial charge >= 0.3 is 0 Å². The lowest BCUT2D eigenvalue weighted by Gasteiger charge is -2.29. The molecule has 1 saturated carbocycles. The predicted octanol–water partition coefficient (Wildman–Crippen LogP) is 4.24. The van der Waals surface area contributed by atoms with Gasteiger partial charge in [-0.25, -0.2) is 0 Å². The van der Waals surface area contributed by atoms with Gasteiger partial charge in [0.1, 0.15) is 0 Å². The fourth-order valence-corrected chi connectivity index (χ4v) is 3.72. The second-order valence-electron chi connectivity index (χ2n) is 5.46. The molecule has 0 spiro atoms. The van der Waals surface area contributed by atoms with Crippen LogP contribution in [0.1, 0.15) is 50.3 Å². The lowest BCUT2D eigenvalue weighted by atomic mass is 9.81. The minimum Gasteiger partial charge on any atom is -0.316 e. The van der Waals surface area contributed by atoms with E-state index in [0.717, 1.165) is 0 Å². The zero-order valence-corrected chi connectivity index (χ0v) is 11.8. The smallest absolute Gasteiger partial charge is 0.00454 e. The average molecular weight is 251 g/mol. The summed E-state index contributed by atoms with van der Waals surface area (Å²) >= 11 is 1.91. The summed E-state index contributed by atoms with van der Waals surface area (Å²) in [4.78, 5) is 1.56. The fourth-order valence-electron chi connectivity index (χ4n) is 3.01. The molecule has 0 unspecified atom stereocenters. The lowest BCUT2D eigenvalue weighted by Crippen LogP contribution is -2.33. The summed E-state index contributed by atoms with van der Waals surface area (Å²) in [7, 11) is 0. The van der Waals surface area contributed by atoms with Crippen LogP contribution >= 0.6 is 11.3 Å². The zero-order chi connectivity index (χ0) is 12.0. The van der Waals surface area contributed by atoms with Crippen LogP contribution in [-0.2, 0) is 6.42 Å². The molecule has 0 radical (unpaired) electrons. The van der Waals surface area contributed by atoms with Gasteiger partial charge in [0.25, 0.3) is 0 Å². The molecule has 1 aromatic heterocycles. The highest BCUT2D eigenvalue weighted by Crippen LogP contribution is 2.41. The van der Waals surface area contributed by atoms with E-state index in [-0.39, 0.29) is 0 Å². The van der Waals surface area contributed by atoms with E-state index in [1.807, 2.05) is 11.3 Å². The zero-order valence-electron chi connectivity index (χ0n) is 11.0. The Labute approximate surface area is 110 Å². The van der Waals surface area contributed by atoms with Gasteiger partial charge in [0.05, 0.1) is 0 Å². The average Bonchev–Trinajstić information content (AvgIpc) is 2.99. The summed E-state index contributed by atoms with van der Waals surface area (Å²) in [6, 6.07) is 4.46. The Balaban J connectivity index is 1.83. The Morgan fingerprint density at radius 1 is 1.35 bits per heavy atom. The molecule has 1 aromatic rings. The summed E-state index contributed by atoms with van der Waals surface area (Å²) in [5, 5.41) is 5.85. The number of nitrogens with one attached hydrogen (secondary N) is 1. The molecule has 0 aliphatic heterocycles. The highest BCUT2D eigenvalue weighted by atomic mass is 32.1. The maximum atomic E-state index is 3.65. The van der Waals surface area contributed by atoms with E-state index in [0.29, 0.717) is 5.41 Å². The molecule has 1 aliphatic rings. The topological polar surface area (TPSA) is 12.0 Å². The third-order valence-corrected chi connectivity index (χ3v) is 5.01. The van der Waals surface area contributed by atoms with Crippen molar-refractivity contribution in [1.29, 1.82) is 0 Å². The first-order valence-corrected chi connectivity index (χ1v) is 7.96. The number of thiophene rings is 1. The van der Waals surface area contributed by atoms with Gasteiger partial charge in [0, 0.05) is 11.4 Å². The predicted molar refractivity (Wildman–Crippen MR) is 76.7 cm³/mol. The number of hydrogen-bond donors (Lipinski definition) is 1. The summed E-state index contributed by atoms with van der Waals surface area (Å²) in [5.74, 6) is 0. The molecule has 1 aliphatic carbocycles. The number of hydrogen-bond acceptors (Lipinski definition) is 2. The van der Waals surface area contributed by atoms with Crippen molar-refractivity contribution < 1.29 is 0 Å². The van der Waals surface area contributed by atoms with Crippen molar-refractivity contribution in [3.63, 3.8) is 0 Å². The quantitative estimate of drug-likeness (QED) is 0.715. The van der Waals surface area contributed by atoms with Gasteiger partial charge in [-0.15, -0.1) is 11.3 Å². The van der Waals surface area contributed by atoms with E-state index in [4.69, 9.17) is 0 Å². The van der Waals surface area contributed by atoms with Crippen molar-refractivity contribution in [3.8, 4) is 0 Å². The van der Waals surface area contributed by atoms with Gasteiger partial charge in [-0.05, 0) is 55.5 Å². The van der Waals surface area contributed by atoms with Crippen molar-refractivity contribution in [1.82, 2.24) is 5.32 Å². The van der Waals surface area contributed by atoms with Gasteiger partial charge in [0.15, 0.2) is 0 Å². The Morgan fingerprint density at radius 3 is 2.82 bits per heavy atom. The molecule has 0 aromatic carbocycles. The monoisotopic (exact) mass is 251 g/mol. The normalized spacial score (nSPS) is 18.6. The second kappa shape index (κ2) is 6.55. The van der Waals surface area contributed by atoms with Gasteiger partial charge in [0.2, 0.25) is 0 Å². The molecule has 0 saturated heterocycles. The van der Waals surface area contributed by atoms with Crippen molar-refractivity contribution in [2.75, 3.05) is 13.1 Å². The van der Waals surface area contributed by atoms with E-state index in [1.54, 1.807) is 4.88 Å². The van der Waals surface area contributed by atoms with Crippen LogP contribution < -0.4 is 5.32 Å².